The molecule has 7 heteroatoms. The van der Waals surface area contributed by atoms with E-state index in [1.165, 1.54) is 17.3 Å². The van der Waals surface area contributed by atoms with Crippen LogP contribution in [0, 0.1) is 6.92 Å². The molecule has 0 fully saturated rings. The first kappa shape index (κ1) is 17.6. The zero-order valence-electron chi connectivity index (χ0n) is 13.1. The fourth-order valence-corrected chi connectivity index (χ4v) is 3.47. The fourth-order valence-electron chi connectivity index (χ4n) is 1.82. The Morgan fingerprint density at radius 3 is 2.70 bits per heavy atom. The molecule has 1 aromatic heterocycles. The molecule has 0 saturated heterocycles. The smallest absolute Gasteiger partial charge is 0.316 e. The van der Waals surface area contributed by atoms with Gasteiger partial charge in [-0.25, -0.2) is 0 Å². The highest BCUT2D eigenvalue weighted by molar-refractivity contribution is 8.00. The third-order valence-corrected chi connectivity index (χ3v) is 5.20. The van der Waals surface area contributed by atoms with Crippen molar-refractivity contribution in [2.75, 3.05) is 0 Å². The maximum absolute atomic E-state index is 11.0. The third-order valence-electron chi connectivity index (χ3n) is 3.12. The molecule has 0 saturated carbocycles. The van der Waals surface area contributed by atoms with E-state index in [-0.39, 0.29) is 0 Å². The van der Waals surface area contributed by atoms with Gasteiger partial charge in [-0.15, -0.1) is 28.5 Å². The van der Waals surface area contributed by atoms with E-state index in [9.17, 15) is 4.79 Å². The number of thioether (sulfide) groups is 2. The van der Waals surface area contributed by atoms with Gasteiger partial charge < -0.3 is 9.67 Å². The summed E-state index contributed by atoms with van der Waals surface area (Å²) >= 11 is 2.87. The van der Waals surface area contributed by atoms with Crippen molar-refractivity contribution in [3.8, 4) is 0 Å². The van der Waals surface area contributed by atoms with Crippen molar-refractivity contribution in [1.82, 2.24) is 14.8 Å². The summed E-state index contributed by atoms with van der Waals surface area (Å²) in [5, 5.41) is 17.4. The van der Waals surface area contributed by atoms with Crippen LogP contribution in [0.5, 0.6) is 0 Å². The number of carbonyl (C=O) groups is 1. The molecule has 2 aromatic rings. The predicted octanol–water partition coefficient (Wildman–Crippen LogP) is 3.63. The molecule has 1 N–H and O–H groups in total. The Labute approximate surface area is 144 Å². The van der Waals surface area contributed by atoms with Gasteiger partial charge in [0.15, 0.2) is 5.16 Å². The van der Waals surface area contributed by atoms with Gasteiger partial charge in [-0.05, 0) is 26.0 Å². The van der Waals surface area contributed by atoms with Gasteiger partial charge in [-0.2, -0.15) is 0 Å². The van der Waals surface area contributed by atoms with Crippen LogP contribution in [0.25, 0.3) is 0 Å². The lowest BCUT2D eigenvalue weighted by molar-refractivity contribution is -0.136. The largest absolute Gasteiger partial charge is 0.480 e. The summed E-state index contributed by atoms with van der Waals surface area (Å²) in [5.74, 6) is 0.626. The zero-order chi connectivity index (χ0) is 16.8. The SMILES string of the molecule is C=CCn1c(CSc2ccc(C)cc2)nnc1SC(C)C(=O)O. The van der Waals surface area contributed by atoms with Crippen LogP contribution in [0.4, 0.5) is 0 Å². The molecule has 1 atom stereocenters. The predicted molar refractivity (Wildman–Crippen MR) is 93.9 cm³/mol. The van der Waals surface area contributed by atoms with Crippen LogP contribution in [0.2, 0.25) is 0 Å². The normalized spacial score (nSPS) is 12.1. The fraction of sp³-hybridized carbons (Fsp3) is 0.312. The molecule has 1 aromatic carbocycles. The van der Waals surface area contributed by atoms with Crippen LogP contribution in [0.15, 0.2) is 47.0 Å². The maximum atomic E-state index is 11.0. The van der Waals surface area contributed by atoms with Gasteiger partial charge in [0.2, 0.25) is 0 Å². The molecule has 5 nitrogen and oxygen atoms in total. The first-order valence-corrected chi connectivity index (χ1v) is 8.99. The number of nitrogens with zero attached hydrogens (tertiary/aromatic N) is 3. The topological polar surface area (TPSA) is 68.0 Å². The minimum absolute atomic E-state index is 0.561. The molecule has 0 aliphatic carbocycles. The molecular weight excluding hydrogens is 330 g/mol. The zero-order valence-corrected chi connectivity index (χ0v) is 14.7. The van der Waals surface area contributed by atoms with Gasteiger partial charge in [-0.1, -0.05) is 35.5 Å². The Balaban J connectivity index is 2.11. The summed E-state index contributed by atoms with van der Waals surface area (Å²) in [7, 11) is 0. The van der Waals surface area contributed by atoms with E-state index < -0.39 is 11.2 Å². The number of hydrogen-bond donors (Lipinski definition) is 1. The molecule has 0 amide bonds. The van der Waals surface area contributed by atoms with Gasteiger partial charge in [-0.3, -0.25) is 4.79 Å². The van der Waals surface area contributed by atoms with Gasteiger partial charge >= 0.3 is 5.97 Å². The summed E-state index contributed by atoms with van der Waals surface area (Å²) in [4.78, 5) is 12.2. The first-order valence-electron chi connectivity index (χ1n) is 7.13. The van der Waals surface area contributed by atoms with Gasteiger partial charge in [0.05, 0.1) is 5.75 Å². The summed E-state index contributed by atoms with van der Waals surface area (Å²) in [5.41, 5.74) is 1.23. The van der Waals surface area contributed by atoms with Crippen molar-refractivity contribution in [2.45, 2.75) is 41.4 Å². The van der Waals surface area contributed by atoms with Gasteiger partial charge in [0.1, 0.15) is 11.1 Å². The lowest BCUT2D eigenvalue weighted by Crippen LogP contribution is -2.13. The van der Waals surface area contributed by atoms with Crippen LogP contribution in [-0.4, -0.2) is 31.1 Å². The number of hydrogen-bond acceptors (Lipinski definition) is 5. The minimum atomic E-state index is -0.862. The highest BCUT2D eigenvalue weighted by Gasteiger charge is 2.19. The number of aromatic nitrogens is 3. The Bertz CT molecular complexity index is 683. The summed E-state index contributed by atoms with van der Waals surface area (Å²) in [6, 6.07) is 8.31. The van der Waals surface area contributed by atoms with Crippen molar-refractivity contribution in [2.24, 2.45) is 0 Å². The number of aliphatic carboxylic acids is 1. The highest BCUT2D eigenvalue weighted by atomic mass is 32.2. The molecule has 0 aliphatic rings. The average molecular weight is 349 g/mol. The number of rotatable bonds is 8. The van der Waals surface area contributed by atoms with Crippen molar-refractivity contribution in [3.63, 3.8) is 0 Å². The standard InChI is InChI=1S/C16H19N3O2S2/c1-4-9-19-14(10-22-13-7-5-11(2)6-8-13)17-18-16(19)23-12(3)15(20)21/h4-8,12H,1,9-10H2,2-3H3,(H,20,21). The molecular formula is C16H19N3O2S2. The number of aryl methyl sites for hydroxylation is 1. The van der Waals surface area contributed by atoms with Crippen LogP contribution in [0.1, 0.15) is 18.3 Å². The average Bonchev–Trinajstić information content (AvgIpc) is 2.89. The Morgan fingerprint density at radius 1 is 1.39 bits per heavy atom. The quantitative estimate of drug-likeness (QED) is 0.580. The van der Waals surface area contributed by atoms with E-state index in [2.05, 4.69) is 48.0 Å². The number of carboxylic acids is 1. The molecule has 0 bridgehead atoms. The van der Waals surface area contributed by atoms with Gasteiger partial charge in [0.25, 0.3) is 0 Å². The third kappa shape index (κ3) is 4.87. The Kier molecular flexibility index (Phi) is 6.29. The molecule has 1 heterocycles. The van der Waals surface area contributed by atoms with E-state index >= 15 is 0 Å². The molecule has 0 aliphatic heterocycles. The van der Waals surface area contributed by atoms with E-state index in [0.717, 1.165) is 10.7 Å². The molecule has 0 radical (unpaired) electrons. The second kappa shape index (κ2) is 8.21. The lowest BCUT2D eigenvalue weighted by atomic mass is 10.2. The van der Waals surface area contributed by atoms with Crippen LogP contribution in [-0.2, 0) is 17.1 Å². The van der Waals surface area contributed by atoms with Crippen molar-refractivity contribution in [1.29, 1.82) is 0 Å². The molecule has 0 spiro atoms. The maximum Gasteiger partial charge on any atom is 0.316 e. The van der Waals surface area contributed by atoms with Crippen LogP contribution in [0.3, 0.4) is 0 Å². The molecule has 122 valence electrons. The van der Waals surface area contributed by atoms with Crippen molar-refractivity contribution < 1.29 is 9.90 Å². The van der Waals surface area contributed by atoms with Crippen molar-refractivity contribution in [3.05, 3.63) is 48.3 Å². The van der Waals surface area contributed by atoms with Gasteiger partial charge in [0, 0.05) is 11.4 Å². The molecule has 2 rings (SSSR count). The highest BCUT2D eigenvalue weighted by Crippen LogP contribution is 2.26. The number of allylic oxidation sites excluding steroid dienone is 1. The van der Waals surface area contributed by atoms with E-state index in [1.807, 2.05) is 4.57 Å². The number of carboxylic acid groups (broad SMARTS) is 1. The molecule has 1 unspecified atom stereocenters. The van der Waals surface area contributed by atoms with E-state index in [1.54, 1.807) is 24.8 Å². The second-order valence-corrected chi connectivity index (χ2v) is 7.35. The summed E-state index contributed by atoms with van der Waals surface area (Å²) in [6.07, 6.45) is 1.76. The Hall–Kier alpha value is -1.73. The minimum Gasteiger partial charge on any atom is -0.480 e. The first-order chi connectivity index (χ1) is 11.0. The van der Waals surface area contributed by atoms with Crippen LogP contribution < -0.4 is 0 Å². The molecule has 23 heavy (non-hydrogen) atoms. The van der Waals surface area contributed by atoms with Crippen molar-refractivity contribution >= 4 is 29.5 Å². The number of benzene rings is 1. The van der Waals surface area contributed by atoms with Crippen LogP contribution >= 0.6 is 23.5 Å². The van der Waals surface area contributed by atoms with E-state index in [4.69, 9.17) is 5.11 Å². The second-order valence-electron chi connectivity index (χ2n) is 5.00. The summed E-state index contributed by atoms with van der Waals surface area (Å²) in [6.45, 7) is 8.01. The van der Waals surface area contributed by atoms with E-state index in [0.29, 0.717) is 17.5 Å². The Morgan fingerprint density at radius 2 is 2.09 bits per heavy atom. The lowest BCUT2D eigenvalue weighted by Gasteiger charge is -2.09. The monoisotopic (exact) mass is 349 g/mol. The summed E-state index contributed by atoms with van der Waals surface area (Å²) < 4.78 is 1.91.